The second kappa shape index (κ2) is 7.59. The van der Waals surface area contributed by atoms with Gasteiger partial charge in [-0.15, -0.1) is 0 Å². The number of aryl methyl sites for hydroxylation is 1. The summed E-state index contributed by atoms with van der Waals surface area (Å²) in [5.41, 5.74) is 6.70. The van der Waals surface area contributed by atoms with Crippen molar-refractivity contribution in [2.45, 2.75) is 33.1 Å². The molecular weight excluding hydrogens is 258 g/mol. The van der Waals surface area contributed by atoms with Crippen LogP contribution in [0.15, 0.2) is 18.2 Å². The number of anilines is 1. The largest absolute Gasteiger partial charge is 0.330 e. The summed E-state index contributed by atoms with van der Waals surface area (Å²) in [4.78, 5) is 22.4. The Morgan fingerprint density at radius 1 is 1.45 bits per heavy atom. The number of nitrogens with zero attached hydrogens (tertiary/aromatic N) is 1. The first-order valence-electron chi connectivity index (χ1n) is 6.79. The highest BCUT2D eigenvalue weighted by Crippen LogP contribution is 2.24. The van der Waals surface area contributed by atoms with Crippen LogP contribution in [0.5, 0.6) is 0 Å². The van der Waals surface area contributed by atoms with Crippen LogP contribution in [0.4, 0.5) is 11.4 Å². The minimum absolute atomic E-state index is 0.0381. The molecule has 0 bridgehead atoms. The van der Waals surface area contributed by atoms with E-state index < -0.39 is 4.92 Å². The Kier molecular flexibility index (Phi) is 6.11. The minimum atomic E-state index is -0.427. The van der Waals surface area contributed by atoms with Crippen LogP contribution < -0.4 is 11.1 Å². The highest BCUT2D eigenvalue weighted by molar-refractivity contribution is 5.91. The van der Waals surface area contributed by atoms with Crippen molar-refractivity contribution in [3.05, 3.63) is 33.9 Å². The maximum Gasteiger partial charge on any atom is 0.274 e. The van der Waals surface area contributed by atoms with Crippen molar-refractivity contribution in [2.24, 2.45) is 11.7 Å². The molecule has 0 aliphatic heterocycles. The first-order chi connectivity index (χ1) is 9.51. The lowest BCUT2D eigenvalue weighted by Crippen LogP contribution is -2.21. The van der Waals surface area contributed by atoms with E-state index in [2.05, 4.69) is 5.32 Å². The lowest BCUT2D eigenvalue weighted by molar-refractivity contribution is -0.385. The van der Waals surface area contributed by atoms with Crippen LogP contribution in [0.2, 0.25) is 0 Å². The molecule has 1 aromatic rings. The van der Waals surface area contributed by atoms with Crippen LogP contribution in [-0.2, 0) is 11.2 Å². The van der Waals surface area contributed by atoms with Gasteiger partial charge in [-0.1, -0.05) is 26.3 Å². The summed E-state index contributed by atoms with van der Waals surface area (Å²) < 4.78 is 0. The van der Waals surface area contributed by atoms with Gasteiger partial charge < -0.3 is 11.1 Å². The van der Waals surface area contributed by atoms with Crippen molar-refractivity contribution in [1.82, 2.24) is 0 Å². The molecule has 0 saturated heterocycles. The van der Waals surface area contributed by atoms with E-state index in [4.69, 9.17) is 5.73 Å². The van der Waals surface area contributed by atoms with Gasteiger partial charge in [0.25, 0.3) is 5.69 Å². The van der Waals surface area contributed by atoms with Crippen LogP contribution in [0.1, 0.15) is 32.3 Å². The highest BCUT2D eigenvalue weighted by atomic mass is 16.6. The highest BCUT2D eigenvalue weighted by Gasteiger charge is 2.15. The van der Waals surface area contributed by atoms with Gasteiger partial charge >= 0.3 is 0 Å². The topological polar surface area (TPSA) is 98.3 Å². The number of nitro benzene ring substituents is 1. The third-order valence-corrected chi connectivity index (χ3v) is 3.33. The second-order valence-corrected chi connectivity index (χ2v) is 4.72. The molecule has 6 heteroatoms. The summed E-state index contributed by atoms with van der Waals surface area (Å²) in [7, 11) is 0. The molecule has 1 rings (SSSR count). The SMILES string of the molecule is CCc1ccc(NC(=O)CC(CC)CN)cc1[N+](=O)[O-]. The molecule has 0 aliphatic rings. The maximum absolute atomic E-state index is 11.8. The fourth-order valence-corrected chi connectivity index (χ4v) is 1.98. The molecule has 1 atom stereocenters. The standard InChI is InChI=1S/C14H21N3O3/c1-3-10(9-15)7-14(18)16-12-6-5-11(4-2)13(8-12)17(19)20/h5-6,8,10H,3-4,7,9,15H2,1-2H3,(H,16,18). The molecule has 1 aromatic carbocycles. The molecule has 20 heavy (non-hydrogen) atoms. The molecule has 1 unspecified atom stereocenters. The molecule has 110 valence electrons. The van der Waals surface area contributed by atoms with E-state index in [9.17, 15) is 14.9 Å². The van der Waals surface area contributed by atoms with E-state index in [1.807, 2.05) is 13.8 Å². The van der Waals surface area contributed by atoms with Crippen LogP contribution in [0.3, 0.4) is 0 Å². The van der Waals surface area contributed by atoms with Crippen LogP contribution in [0, 0.1) is 16.0 Å². The molecule has 0 spiro atoms. The molecule has 0 saturated carbocycles. The zero-order valence-electron chi connectivity index (χ0n) is 11.9. The second-order valence-electron chi connectivity index (χ2n) is 4.72. The number of carbonyl (C=O) groups excluding carboxylic acids is 1. The average molecular weight is 279 g/mol. The Morgan fingerprint density at radius 3 is 2.65 bits per heavy atom. The Bertz CT molecular complexity index is 485. The van der Waals surface area contributed by atoms with Gasteiger partial charge in [-0.2, -0.15) is 0 Å². The molecule has 6 nitrogen and oxygen atoms in total. The van der Waals surface area contributed by atoms with E-state index in [0.29, 0.717) is 30.6 Å². The average Bonchev–Trinajstić information content (AvgIpc) is 2.44. The van der Waals surface area contributed by atoms with Gasteiger partial charge in [0.1, 0.15) is 0 Å². The van der Waals surface area contributed by atoms with E-state index >= 15 is 0 Å². The van der Waals surface area contributed by atoms with Crippen molar-refractivity contribution in [2.75, 3.05) is 11.9 Å². The van der Waals surface area contributed by atoms with Crippen molar-refractivity contribution >= 4 is 17.3 Å². The van der Waals surface area contributed by atoms with Crippen molar-refractivity contribution < 1.29 is 9.72 Å². The predicted molar refractivity (Wildman–Crippen MR) is 78.6 cm³/mol. The summed E-state index contributed by atoms with van der Waals surface area (Å²) >= 11 is 0. The molecule has 0 radical (unpaired) electrons. The van der Waals surface area contributed by atoms with Gasteiger partial charge in [0, 0.05) is 23.7 Å². The first kappa shape index (κ1) is 16.1. The summed E-state index contributed by atoms with van der Waals surface area (Å²) in [6.07, 6.45) is 1.74. The molecule has 3 N–H and O–H groups in total. The number of amides is 1. The molecule has 0 aromatic heterocycles. The molecule has 0 fully saturated rings. The van der Waals surface area contributed by atoms with Gasteiger partial charge in [0.2, 0.25) is 5.91 Å². The Morgan fingerprint density at radius 2 is 2.15 bits per heavy atom. The van der Waals surface area contributed by atoms with Crippen LogP contribution >= 0.6 is 0 Å². The number of rotatable bonds is 7. The summed E-state index contributed by atoms with van der Waals surface area (Å²) in [6.45, 7) is 4.29. The quantitative estimate of drug-likeness (QED) is 0.591. The Labute approximate surface area is 118 Å². The maximum atomic E-state index is 11.8. The summed E-state index contributed by atoms with van der Waals surface area (Å²) in [5, 5.41) is 13.7. The van der Waals surface area contributed by atoms with Crippen LogP contribution in [-0.4, -0.2) is 17.4 Å². The number of hydrogen-bond donors (Lipinski definition) is 2. The smallest absolute Gasteiger partial charge is 0.274 e. The number of nitrogens with one attached hydrogen (secondary N) is 1. The lowest BCUT2D eigenvalue weighted by Gasteiger charge is -2.12. The van der Waals surface area contributed by atoms with Gasteiger partial charge in [-0.3, -0.25) is 14.9 Å². The Hall–Kier alpha value is -1.95. The summed E-state index contributed by atoms with van der Waals surface area (Å²) in [5.74, 6) is -0.0271. The van der Waals surface area contributed by atoms with Crippen molar-refractivity contribution in [3.8, 4) is 0 Å². The van der Waals surface area contributed by atoms with Gasteiger partial charge in [-0.25, -0.2) is 0 Å². The van der Waals surface area contributed by atoms with E-state index in [0.717, 1.165) is 6.42 Å². The lowest BCUT2D eigenvalue weighted by atomic mass is 10.0. The number of nitrogens with two attached hydrogens (primary N) is 1. The van der Waals surface area contributed by atoms with Crippen molar-refractivity contribution in [3.63, 3.8) is 0 Å². The number of benzene rings is 1. The number of nitro groups is 1. The van der Waals surface area contributed by atoms with E-state index in [-0.39, 0.29) is 17.5 Å². The van der Waals surface area contributed by atoms with Crippen LogP contribution in [0.25, 0.3) is 0 Å². The monoisotopic (exact) mass is 279 g/mol. The van der Waals surface area contributed by atoms with E-state index in [1.54, 1.807) is 12.1 Å². The third kappa shape index (κ3) is 4.31. The summed E-state index contributed by atoms with van der Waals surface area (Å²) in [6, 6.07) is 4.77. The fraction of sp³-hybridized carbons (Fsp3) is 0.500. The zero-order valence-corrected chi connectivity index (χ0v) is 11.9. The van der Waals surface area contributed by atoms with Crippen molar-refractivity contribution in [1.29, 1.82) is 0 Å². The van der Waals surface area contributed by atoms with Gasteiger partial charge in [0.15, 0.2) is 0 Å². The predicted octanol–water partition coefficient (Wildman–Crippen LogP) is 2.47. The molecular formula is C14H21N3O3. The third-order valence-electron chi connectivity index (χ3n) is 3.33. The zero-order chi connectivity index (χ0) is 15.1. The number of hydrogen-bond acceptors (Lipinski definition) is 4. The molecule has 0 aliphatic carbocycles. The van der Waals surface area contributed by atoms with Gasteiger partial charge in [0.05, 0.1) is 4.92 Å². The number of carbonyl (C=O) groups is 1. The molecule has 1 amide bonds. The molecule has 0 heterocycles. The Balaban J connectivity index is 2.80. The first-order valence-corrected chi connectivity index (χ1v) is 6.79. The fourth-order valence-electron chi connectivity index (χ4n) is 1.98. The van der Waals surface area contributed by atoms with Gasteiger partial charge in [-0.05, 0) is 24.9 Å². The van der Waals surface area contributed by atoms with E-state index in [1.165, 1.54) is 6.07 Å². The normalized spacial score (nSPS) is 11.9. The minimum Gasteiger partial charge on any atom is -0.330 e.